The summed E-state index contributed by atoms with van der Waals surface area (Å²) in [4.78, 5) is 0. The lowest BCUT2D eigenvalue weighted by molar-refractivity contribution is 0.478. The lowest BCUT2D eigenvalue weighted by Gasteiger charge is -2.10. The molecule has 0 spiro atoms. The summed E-state index contributed by atoms with van der Waals surface area (Å²) in [6, 6.07) is 11.9. The first-order valence-corrected chi connectivity index (χ1v) is 6.05. The largest absolute Gasteiger partial charge is 0.455 e. The molecule has 3 heteroatoms. The van der Waals surface area contributed by atoms with Crippen LogP contribution in [0.2, 0.25) is 0 Å². The first-order valence-electron chi connectivity index (χ1n) is 6.05. The molecular formula is C15H14FNO. The SMILES string of the molecule is Nc1ccc(C2CC2)cc1Oc1cccc(F)c1. The van der Waals surface area contributed by atoms with Crippen molar-refractivity contribution in [3.8, 4) is 11.5 Å². The highest BCUT2D eigenvalue weighted by Crippen LogP contribution is 2.42. The summed E-state index contributed by atoms with van der Waals surface area (Å²) in [6.45, 7) is 0. The van der Waals surface area contributed by atoms with E-state index in [9.17, 15) is 4.39 Å². The van der Waals surface area contributed by atoms with Gasteiger partial charge >= 0.3 is 0 Å². The Hall–Kier alpha value is -2.03. The first kappa shape index (κ1) is 11.1. The van der Waals surface area contributed by atoms with Crippen molar-refractivity contribution in [2.24, 2.45) is 0 Å². The van der Waals surface area contributed by atoms with E-state index < -0.39 is 0 Å². The highest BCUT2D eigenvalue weighted by atomic mass is 19.1. The highest BCUT2D eigenvalue weighted by molar-refractivity contribution is 5.56. The Bertz CT molecular complexity index is 578. The van der Waals surface area contributed by atoms with Crippen molar-refractivity contribution in [2.45, 2.75) is 18.8 Å². The van der Waals surface area contributed by atoms with Crippen LogP contribution in [0.25, 0.3) is 0 Å². The van der Waals surface area contributed by atoms with E-state index in [1.807, 2.05) is 18.2 Å². The van der Waals surface area contributed by atoms with Crippen molar-refractivity contribution < 1.29 is 9.13 Å². The Labute approximate surface area is 105 Å². The molecule has 0 saturated heterocycles. The van der Waals surface area contributed by atoms with Crippen LogP contribution >= 0.6 is 0 Å². The molecule has 0 unspecified atom stereocenters. The quantitative estimate of drug-likeness (QED) is 0.824. The number of halogens is 1. The van der Waals surface area contributed by atoms with E-state index in [0.717, 1.165) is 0 Å². The van der Waals surface area contributed by atoms with E-state index in [4.69, 9.17) is 10.5 Å². The molecule has 0 heterocycles. The molecule has 18 heavy (non-hydrogen) atoms. The Morgan fingerprint density at radius 2 is 1.94 bits per heavy atom. The third kappa shape index (κ3) is 2.30. The van der Waals surface area contributed by atoms with Crippen LogP contribution in [0.1, 0.15) is 24.3 Å². The molecule has 3 rings (SSSR count). The minimum Gasteiger partial charge on any atom is -0.455 e. The van der Waals surface area contributed by atoms with Gasteiger partial charge in [-0.05, 0) is 48.6 Å². The van der Waals surface area contributed by atoms with Crippen molar-refractivity contribution in [3.05, 3.63) is 53.8 Å². The van der Waals surface area contributed by atoms with Crippen LogP contribution in [0.5, 0.6) is 11.5 Å². The van der Waals surface area contributed by atoms with Crippen LogP contribution < -0.4 is 10.5 Å². The molecule has 1 aliphatic rings. The number of anilines is 1. The van der Waals surface area contributed by atoms with Crippen molar-refractivity contribution >= 4 is 5.69 Å². The third-order valence-electron chi connectivity index (χ3n) is 3.11. The molecule has 2 nitrogen and oxygen atoms in total. The Balaban J connectivity index is 1.89. The van der Waals surface area contributed by atoms with Crippen LogP contribution in [0.3, 0.4) is 0 Å². The van der Waals surface area contributed by atoms with Crippen molar-refractivity contribution in [2.75, 3.05) is 5.73 Å². The second-order valence-corrected chi connectivity index (χ2v) is 4.63. The number of rotatable bonds is 3. The molecule has 2 N–H and O–H groups in total. The number of hydrogen-bond acceptors (Lipinski definition) is 2. The summed E-state index contributed by atoms with van der Waals surface area (Å²) in [7, 11) is 0. The maximum atomic E-state index is 13.1. The van der Waals surface area contributed by atoms with Crippen molar-refractivity contribution in [1.29, 1.82) is 0 Å². The van der Waals surface area contributed by atoms with Gasteiger partial charge in [-0.25, -0.2) is 4.39 Å². The third-order valence-corrected chi connectivity index (χ3v) is 3.11. The average Bonchev–Trinajstić information content (AvgIpc) is 3.16. The summed E-state index contributed by atoms with van der Waals surface area (Å²) in [6.07, 6.45) is 2.45. The van der Waals surface area contributed by atoms with E-state index in [0.29, 0.717) is 23.1 Å². The van der Waals surface area contributed by atoms with Gasteiger partial charge in [0, 0.05) is 6.07 Å². The smallest absolute Gasteiger partial charge is 0.150 e. The number of hydrogen-bond donors (Lipinski definition) is 1. The summed E-state index contributed by atoms with van der Waals surface area (Å²) in [5.41, 5.74) is 7.70. The predicted octanol–water partition coefficient (Wildman–Crippen LogP) is 4.08. The first-order chi connectivity index (χ1) is 8.72. The van der Waals surface area contributed by atoms with Crippen LogP contribution in [-0.4, -0.2) is 0 Å². The van der Waals surface area contributed by atoms with Gasteiger partial charge in [0.05, 0.1) is 5.69 Å². The predicted molar refractivity (Wildman–Crippen MR) is 69.3 cm³/mol. The topological polar surface area (TPSA) is 35.2 Å². The van der Waals surface area contributed by atoms with Crippen LogP contribution in [-0.2, 0) is 0 Å². The van der Waals surface area contributed by atoms with Crippen LogP contribution in [0.4, 0.5) is 10.1 Å². The van der Waals surface area contributed by atoms with Gasteiger partial charge in [0.1, 0.15) is 11.6 Å². The number of nitrogens with two attached hydrogens (primary N) is 1. The molecular weight excluding hydrogens is 229 g/mol. The van der Waals surface area contributed by atoms with E-state index >= 15 is 0 Å². The molecule has 2 aromatic rings. The molecule has 0 radical (unpaired) electrons. The highest BCUT2D eigenvalue weighted by Gasteiger charge is 2.24. The minimum atomic E-state index is -0.315. The van der Waals surface area contributed by atoms with Gasteiger partial charge in [-0.3, -0.25) is 0 Å². The number of benzene rings is 2. The van der Waals surface area contributed by atoms with Gasteiger partial charge in [-0.2, -0.15) is 0 Å². The molecule has 0 atom stereocenters. The lowest BCUT2D eigenvalue weighted by atomic mass is 10.1. The second-order valence-electron chi connectivity index (χ2n) is 4.63. The molecule has 1 saturated carbocycles. The van der Waals surface area contributed by atoms with Crippen LogP contribution in [0, 0.1) is 5.82 Å². The zero-order chi connectivity index (χ0) is 12.5. The summed E-state index contributed by atoms with van der Waals surface area (Å²) in [5, 5.41) is 0. The molecule has 0 aliphatic heterocycles. The number of nitrogen functional groups attached to an aromatic ring is 1. The summed E-state index contributed by atoms with van der Waals surface area (Å²) in [5.74, 6) is 1.39. The average molecular weight is 243 g/mol. The van der Waals surface area contributed by atoms with Gasteiger partial charge in [0.15, 0.2) is 5.75 Å². The second kappa shape index (κ2) is 4.33. The zero-order valence-electron chi connectivity index (χ0n) is 9.90. The van der Waals surface area contributed by atoms with E-state index in [1.54, 1.807) is 12.1 Å². The molecule has 2 aromatic carbocycles. The van der Waals surface area contributed by atoms with Gasteiger partial charge < -0.3 is 10.5 Å². The zero-order valence-corrected chi connectivity index (χ0v) is 9.90. The molecule has 1 fully saturated rings. The molecule has 1 aliphatic carbocycles. The van der Waals surface area contributed by atoms with Gasteiger partial charge in [0.25, 0.3) is 0 Å². The number of ether oxygens (including phenoxy) is 1. The van der Waals surface area contributed by atoms with Crippen molar-refractivity contribution in [3.63, 3.8) is 0 Å². The van der Waals surface area contributed by atoms with Gasteiger partial charge in [0.2, 0.25) is 0 Å². The molecule has 92 valence electrons. The van der Waals surface area contributed by atoms with Crippen LogP contribution in [0.15, 0.2) is 42.5 Å². The summed E-state index contributed by atoms with van der Waals surface area (Å²) >= 11 is 0. The normalized spacial score (nSPS) is 14.5. The summed E-state index contributed by atoms with van der Waals surface area (Å²) < 4.78 is 18.7. The van der Waals surface area contributed by atoms with Crippen molar-refractivity contribution in [1.82, 2.24) is 0 Å². The van der Waals surface area contributed by atoms with E-state index in [2.05, 4.69) is 0 Å². The molecule has 0 aromatic heterocycles. The standard InChI is InChI=1S/C15H14FNO/c16-12-2-1-3-13(9-12)18-15-8-11(10-4-5-10)6-7-14(15)17/h1-3,6-10H,4-5,17H2. The fourth-order valence-electron chi connectivity index (χ4n) is 1.97. The Kier molecular flexibility index (Phi) is 2.67. The maximum Gasteiger partial charge on any atom is 0.150 e. The Morgan fingerprint density at radius 3 is 2.67 bits per heavy atom. The lowest BCUT2D eigenvalue weighted by Crippen LogP contribution is -1.94. The van der Waals surface area contributed by atoms with E-state index in [1.165, 1.54) is 30.5 Å². The monoisotopic (exact) mass is 243 g/mol. The van der Waals surface area contributed by atoms with Gasteiger partial charge in [-0.1, -0.05) is 12.1 Å². The van der Waals surface area contributed by atoms with Gasteiger partial charge in [-0.15, -0.1) is 0 Å². The molecule has 0 bridgehead atoms. The maximum absolute atomic E-state index is 13.1. The molecule has 0 amide bonds. The minimum absolute atomic E-state index is 0.315. The fourth-order valence-corrected chi connectivity index (χ4v) is 1.97. The van der Waals surface area contributed by atoms with E-state index in [-0.39, 0.29) is 5.82 Å². The fraction of sp³-hybridized carbons (Fsp3) is 0.200. The Morgan fingerprint density at radius 1 is 1.11 bits per heavy atom.